The molecule has 0 fully saturated rings. The molecule has 0 radical (unpaired) electrons. The van der Waals surface area contributed by atoms with Gasteiger partial charge in [-0.15, -0.1) is 11.6 Å². The maximum absolute atomic E-state index is 14.1. The summed E-state index contributed by atoms with van der Waals surface area (Å²) < 4.78 is 42.3. The summed E-state index contributed by atoms with van der Waals surface area (Å²) in [4.78, 5) is 4.18. The molecule has 0 N–H and O–H groups in total. The number of nitrogens with zero attached hydrogens (tertiary/aromatic N) is 2. The summed E-state index contributed by atoms with van der Waals surface area (Å²) in [5.41, 5.74) is 0.933. The molecule has 0 aliphatic carbocycles. The number of fused-ring (bicyclic) bond motifs is 1. The SMILES string of the molecule is Fc1ccc2c(c1)nc(CCl)n2-c1cc(Br)c(F)cc1F. The minimum Gasteiger partial charge on any atom is -0.292 e. The van der Waals surface area contributed by atoms with Crippen molar-refractivity contribution in [3.05, 3.63) is 58.1 Å². The molecule has 0 aliphatic rings. The Balaban J connectivity index is 2.36. The molecule has 21 heavy (non-hydrogen) atoms. The highest BCUT2D eigenvalue weighted by atomic mass is 79.9. The molecule has 0 bridgehead atoms. The molecule has 0 aliphatic heterocycles. The van der Waals surface area contributed by atoms with Crippen LogP contribution in [0, 0.1) is 17.5 Å². The van der Waals surface area contributed by atoms with E-state index < -0.39 is 17.5 Å². The topological polar surface area (TPSA) is 17.8 Å². The summed E-state index contributed by atoms with van der Waals surface area (Å²) in [6.45, 7) is 0. The predicted octanol–water partition coefficient (Wildman–Crippen LogP) is 4.94. The Morgan fingerprint density at radius 3 is 2.57 bits per heavy atom. The largest absolute Gasteiger partial charge is 0.292 e. The average molecular weight is 376 g/mol. The highest BCUT2D eigenvalue weighted by Crippen LogP contribution is 2.28. The lowest BCUT2D eigenvalue weighted by atomic mass is 10.2. The molecule has 2 nitrogen and oxygen atoms in total. The van der Waals surface area contributed by atoms with Gasteiger partial charge in [0.05, 0.1) is 27.1 Å². The van der Waals surface area contributed by atoms with Crippen molar-refractivity contribution in [1.29, 1.82) is 0 Å². The van der Waals surface area contributed by atoms with E-state index in [0.717, 1.165) is 6.07 Å². The smallest absolute Gasteiger partial charge is 0.150 e. The third-order valence-corrected chi connectivity index (χ3v) is 3.88. The second-order valence-electron chi connectivity index (χ2n) is 4.35. The third kappa shape index (κ3) is 2.42. The van der Waals surface area contributed by atoms with Crippen LogP contribution in [0.25, 0.3) is 16.7 Å². The van der Waals surface area contributed by atoms with E-state index in [1.54, 1.807) is 0 Å². The van der Waals surface area contributed by atoms with Gasteiger partial charge in [0.2, 0.25) is 0 Å². The molecule has 1 heterocycles. The van der Waals surface area contributed by atoms with Crippen LogP contribution in [0.5, 0.6) is 0 Å². The third-order valence-electron chi connectivity index (χ3n) is 3.04. The molecular weight excluding hydrogens is 369 g/mol. The van der Waals surface area contributed by atoms with Crippen molar-refractivity contribution in [2.75, 3.05) is 0 Å². The van der Waals surface area contributed by atoms with Crippen LogP contribution in [0.2, 0.25) is 0 Å². The molecular formula is C14H7BrClF3N2. The van der Waals surface area contributed by atoms with Crippen LogP contribution < -0.4 is 0 Å². The Kier molecular flexibility index (Phi) is 3.67. The number of alkyl halides is 1. The molecule has 1 aromatic heterocycles. The first-order valence-electron chi connectivity index (χ1n) is 5.89. The molecule has 2 aromatic carbocycles. The van der Waals surface area contributed by atoms with E-state index in [1.165, 1.54) is 28.8 Å². The van der Waals surface area contributed by atoms with Crippen molar-refractivity contribution >= 4 is 38.6 Å². The molecule has 0 amide bonds. The second kappa shape index (κ2) is 5.35. The summed E-state index contributed by atoms with van der Waals surface area (Å²) in [5, 5.41) is 0. The van der Waals surface area contributed by atoms with Crippen molar-refractivity contribution in [1.82, 2.24) is 9.55 Å². The van der Waals surface area contributed by atoms with E-state index >= 15 is 0 Å². The lowest BCUT2D eigenvalue weighted by Gasteiger charge is -2.10. The summed E-state index contributed by atoms with van der Waals surface area (Å²) in [7, 11) is 0. The van der Waals surface area contributed by atoms with Crippen molar-refractivity contribution in [2.24, 2.45) is 0 Å². The Morgan fingerprint density at radius 2 is 1.86 bits per heavy atom. The van der Waals surface area contributed by atoms with E-state index in [1.807, 2.05) is 0 Å². The first-order chi connectivity index (χ1) is 10.0. The monoisotopic (exact) mass is 374 g/mol. The van der Waals surface area contributed by atoms with Gasteiger partial charge in [-0.1, -0.05) is 0 Å². The zero-order chi connectivity index (χ0) is 15.1. The Labute approximate surface area is 131 Å². The van der Waals surface area contributed by atoms with E-state index in [2.05, 4.69) is 20.9 Å². The van der Waals surface area contributed by atoms with Gasteiger partial charge < -0.3 is 0 Å². The van der Waals surface area contributed by atoms with Crippen LogP contribution >= 0.6 is 27.5 Å². The van der Waals surface area contributed by atoms with Gasteiger partial charge in [0, 0.05) is 12.1 Å². The Morgan fingerprint density at radius 1 is 1.10 bits per heavy atom. The van der Waals surface area contributed by atoms with Crippen molar-refractivity contribution in [3.63, 3.8) is 0 Å². The molecule has 3 aromatic rings. The molecule has 108 valence electrons. The summed E-state index contributed by atoms with van der Waals surface area (Å²) in [6.07, 6.45) is 0. The number of halogens is 5. The fourth-order valence-corrected chi connectivity index (χ4v) is 2.66. The van der Waals surface area contributed by atoms with Crippen LogP contribution in [0.15, 0.2) is 34.8 Å². The molecule has 7 heteroatoms. The number of aromatic nitrogens is 2. The highest BCUT2D eigenvalue weighted by molar-refractivity contribution is 9.10. The lowest BCUT2D eigenvalue weighted by molar-refractivity contribution is 0.573. The Hall–Kier alpha value is -1.53. The zero-order valence-corrected chi connectivity index (χ0v) is 12.7. The van der Waals surface area contributed by atoms with Gasteiger partial charge in [0.15, 0.2) is 0 Å². The van der Waals surface area contributed by atoms with Gasteiger partial charge in [-0.2, -0.15) is 0 Å². The number of imidazole rings is 1. The fourth-order valence-electron chi connectivity index (χ4n) is 2.15. The molecule has 0 saturated carbocycles. The van der Waals surface area contributed by atoms with Gasteiger partial charge in [-0.3, -0.25) is 4.57 Å². The van der Waals surface area contributed by atoms with Gasteiger partial charge in [-0.05, 0) is 34.1 Å². The quantitative estimate of drug-likeness (QED) is 0.458. The van der Waals surface area contributed by atoms with Crippen LogP contribution in [-0.4, -0.2) is 9.55 Å². The number of rotatable bonds is 2. The minimum absolute atomic E-state index is 0.00470. The predicted molar refractivity (Wildman–Crippen MR) is 78.2 cm³/mol. The van der Waals surface area contributed by atoms with Crippen molar-refractivity contribution in [3.8, 4) is 5.69 Å². The van der Waals surface area contributed by atoms with Crippen LogP contribution in [-0.2, 0) is 5.88 Å². The maximum Gasteiger partial charge on any atom is 0.150 e. The van der Waals surface area contributed by atoms with Crippen molar-refractivity contribution < 1.29 is 13.2 Å². The van der Waals surface area contributed by atoms with E-state index in [9.17, 15) is 13.2 Å². The summed E-state index contributed by atoms with van der Waals surface area (Å²) in [6, 6.07) is 6.02. The summed E-state index contributed by atoms with van der Waals surface area (Å²) in [5.74, 6) is -1.57. The van der Waals surface area contributed by atoms with Crippen LogP contribution in [0.3, 0.4) is 0 Å². The zero-order valence-electron chi connectivity index (χ0n) is 10.4. The van der Waals surface area contributed by atoms with Crippen LogP contribution in [0.4, 0.5) is 13.2 Å². The van der Waals surface area contributed by atoms with E-state index in [4.69, 9.17) is 11.6 Å². The summed E-state index contributed by atoms with van der Waals surface area (Å²) >= 11 is 8.85. The second-order valence-corrected chi connectivity index (χ2v) is 5.47. The van der Waals surface area contributed by atoms with E-state index in [-0.39, 0.29) is 16.0 Å². The van der Waals surface area contributed by atoms with Gasteiger partial charge in [0.25, 0.3) is 0 Å². The minimum atomic E-state index is -0.759. The molecule has 0 unspecified atom stereocenters. The first kappa shape index (κ1) is 14.4. The van der Waals surface area contributed by atoms with Crippen molar-refractivity contribution in [2.45, 2.75) is 5.88 Å². The number of hydrogen-bond donors (Lipinski definition) is 0. The molecule has 0 atom stereocenters. The molecule has 0 spiro atoms. The first-order valence-corrected chi connectivity index (χ1v) is 7.22. The lowest BCUT2D eigenvalue weighted by Crippen LogP contribution is -2.03. The number of benzene rings is 2. The van der Waals surface area contributed by atoms with Gasteiger partial charge in [-0.25, -0.2) is 18.2 Å². The van der Waals surface area contributed by atoms with Crippen LogP contribution in [0.1, 0.15) is 5.82 Å². The Bertz CT molecular complexity index is 848. The maximum atomic E-state index is 14.1. The highest BCUT2D eigenvalue weighted by Gasteiger charge is 2.17. The van der Waals surface area contributed by atoms with E-state index in [0.29, 0.717) is 16.9 Å². The molecule has 3 rings (SSSR count). The van der Waals surface area contributed by atoms with Gasteiger partial charge in [0.1, 0.15) is 23.3 Å². The standard InChI is InChI=1S/C14H7BrClF3N2/c15-8-4-13(10(19)5-9(8)18)21-12-2-1-7(17)3-11(12)20-14(21)6-16/h1-5H,6H2. The normalized spacial score (nSPS) is 11.3. The van der Waals surface area contributed by atoms with Gasteiger partial charge >= 0.3 is 0 Å². The average Bonchev–Trinajstić information content (AvgIpc) is 2.80. The fraction of sp³-hybridized carbons (Fsp3) is 0.0714. The molecule has 0 saturated heterocycles. The number of hydrogen-bond acceptors (Lipinski definition) is 1.